The molecule has 0 N–H and O–H groups in total. The number of benzene rings is 2. The van der Waals surface area contributed by atoms with Gasteiger partial charge in [-0.2, -0.15) is 0 Å². The van der Waals surface area contributed by atoms with Crippen molar-refractivity contribution in [2.45, 2.75) is 25.7 Å². The normalized spacial score (nSPS) is 15.1. The van der Waals surface area contributed by atoms with Crippen molar-refractivity contribution < 1.29 is 13.9 Å². The minimum atomic E-state index is 0.0359. The first kappa shape index (κ1) is 18.6. The van der Waals surface area contributed by atoms with Crippen LogP contribution >= 0.6 is 0 Å². The second-order valence-corrected chi connectivity index (χ2v) is 7.77. The van der Waals surface area contributed by atoms with Gasteiger partial charge in [0.05, 0.1) is 23.9 Å². The molecule has 2 aromatic heterocycles. The van der Waals surface area contributed by atoms with Crippen LogP contribution in [0.4, 0.5) is 0 Å². The Labute approximate surface area is 174 Å². The van der Waals surface area contributed by atoms with Crippen molar-refractivity contribution in [2.75, 3.05) is 20.2 Å². The third-order valence-corrected chi connectivity index (χ3v) is 5.89. The van der Waals surface area contributed by atoms with Crippen LogP contribution in [0.1, 0.15) is 40.7 Å². The van der Waals surface area contributed by atoms with Crippen LogP contribution < -0.4 is 4.74 Å². The lowest BCUT2D eigenvalue weighted by molar-refractivity contribution is 0.0705. The maximum absolute atomic E-state index is 13.2. The van der Waals surface area contributed by atoms with E-state index in [0.29, 0.717) is 18.7 Å². The highest BCUT2D eigenvalue weighted by atomic mass is 16.5. The van der Waals surface area contributed by atoms with Gasteiger partial charge in [-0.05, 0) is 50.1 Å². The molecule has 30 heavy (non-hydrogen) atoms. The van der Waals surface area contributed by atoms with Crippen LogP contribution in [0.5, 0.6) is 5.75 Å². The summed E-state index contributed by atoms with van der Waals surface area (Å²) in [5, 5.41) is 0.936. The number of rotatable bonds is 3. The molecule has 1 aliphatic rings. The Morgan fingerprint density at radius 1 is 1.07 bits per heavy atom. The average Bonchev–Trinajstić information content (AvgIpc) is 3.22. The first-order valence-corrected chi connectivity index (χ1v) is 10.2. The lowest BCUT2D eigenvalue weighted by atomic mass is 9.96. The van der Waals surface area contributed by atoms with E-state index < -0.39 is 0 Å². The third kappa shape index (κ3) is 3.28. The number of fused-ring (bicyclic) bond motifs is 2. The lowest BCUT2D eigenvalue weighted by Gasteiger charge is -2.31. The van der Waals surface area contributed by atoms with Gasteiger partial charge in [-0.25, -0.2) is 4.98 Å². The van der Waals surface area contributed by atoms with Crippen molar-refractivity contribution in [2.24, 2.45) is 0 Å². The van der Waals surface area contributed by atoms with Gasteiger partial charge in [0, 0.05) is 30.5 Å². The van der Waals surface area contributed by atoms with E-state index in [1.54, 1.807) is 7.11 Å². The summed E-state index contributed by atoms with van der Waals surface area (Å²) < 4.78 is 11.2. The van der Waals surface area contributed by atoms with Crippen LogP contribution in [0.25, 0.3) is 22.0 Å². The number of hydrogen-bond donors (Lipinski definition) is 0. The van der Waals surface area contributed by atoms with Crippen LogP contribution in [-0.4, -0.2) is 41.0 Å². The summed E-state index contributed by atoms with van der Waals surface area (Å²) in [4.78, 5) is 24.4. The smallest absolute Gasteiger partial charge is 0.255 e. The van der Waals surface area contributed by atoms with Gasteiger partial charge in [0.1, 0.15) is 11.3 Å². The fraction of sp³-hybridized carbons (Fsp3) is 0.292. The second-order valence-electron chi connectivity index (χ2n) is 7.77. The van der Waals surface area contributed by atoms with E-state index in [0.717, 1.165) is 52.2 Å². The molecule has 0 aliphatic carbocycles. The molecule has 1 saturated heterocycles. The van der Waals surface area contributed by atoms with Crippen LogP contribution in [0.2, 0.25) is 0 Å². The Morgan fingerprint density at radius 2 is 1.87 bits per heavy atom. The highest BCUT2D eigenvalue weighted by molar-refractivity contribution is 5.98. The van der Waals surface area contributed by atoms with Gasteiger partial charge < -0.3 is 14.1 Å². The molecule has 1 fully saturated rings. The number of oxazole rings is 1. The Kier molecular flexibility index (Phi) is 4.62. The Bertz CT molecular complexity index is 1210. The molecular weight excluding hydrogens is 378 g/mol. The Balaban J connectivity index is 1.33. The average molecular weight is 401 g/mol. The largest absolute Gasteiger partial charge is 0.497 e. The third-order valence-electron chi connectivity index (χ3n) is 5.89. The monoisotopic (exact) mass is 401 g/mol. The number of hydrogen-bond acceptors (Lipinski definition) is 5. The number of nitrogens with zero attached hydrogens (tertiary/aromatic N) is 3. The first-order chi connectivity index (χ1) is 14.6. The minimum Gasteiger partial charge on any atom is -0.497 e. The number of aromatic nitrogens is 2. The molecule has 6 heteroatoms. The fourth-order valence-electron chi connectivity index (χ4n) is 4.15. The number of aryl methyl sites for hydroxylation is 1. The summed E-state index contributed by atoms with van der Waals surface area (Å²) in [5.74, 6) is 1.81. The summed E-state index contributed by atoms with van der Waals surface area (Å²) in [6.45, 7) is 3.25. The number of carbonyl (C=O) groups excluding carboxylic acids is 1. The van der Waals surface area contributed by atoms with Crippen molar-refractivity contribution in [1.82, 2.24) is 14.9 Å². The number of likely N-dealkylation sites (tertiary alicyclic amines) is 1. The van der Waals surface area contributed by atoms with Crippen LogP contribution in [-0.2, 0) is 0 Å². The van der Waals surface area contributed by atoms with Gasteiger partial charge in [-0.15, -0.1) is 0 Å². The van der Waals surface area contributed by atoms with Gasteiger partial charge >= 0.3 is 0 Å². The zero-order valence-corrected chi connectivity index (χ0v) is 17.1. The molecule has 1 amide bonds. The zero-order valence-electron chi connectivity index (χ0n) is 17.1. The predicted octanol–water partition coefficient (Wildman–Crippen LogP) is 4.71. The number of pyridine rings is 1. The Morgan fingerprint density at radius 3 is 2.63 bits per heavy atom. The second kappa shape index (κ2) is 7.44. The molecule has 2 aromatic carbocycles. The maximum Gasteiger partial charge on any atom is 0.255 e. The van der Waals surface area contributed by atoms with E-state index in [1.807, 2.05) is 60.4 Å². The molecule has 5 rings (SSSR count). The van der Waals surface area contributed by atoms with Gasteiger partial charge in [0.2, 0.25) is 0 Å². The number of para-hydroxylation sites is 2. The molecule has 0 saturated carbocycles. The van der Waals surface area contributed by atoms with Crippen molar-refractivity contribution in [3.63, 3.8) is 0 Å². The molecule has 4 aromatic rings. The van der Waals surface area contributed by atoms with E-state index in [9.17, 15) is 4.79 Å². The van der Waals surface area contributed by atoms with Gasteiger partial charge in [-0.3, -0.25) is 9.78 Å². The molecule has 0 spiro atoms. The molecule has 6 nitrogen and oxygen atoms in total. The van der Waals surface area contributed by atoms with Gasteiger partial charge in [-0.1, -0.05) is 12.1 Å². The topological polar surface area (TPSA) is 68.5 Å². The van der Waals surface area contributed by atoms with Crippen molar-refractivity contribution >= 4 is 27.9 Å². The number of carbonyl (C=O) groups is 1. The van der Waals surface area contributed by atoms with Gasteiger partial charge in [0.15, 0.2) is 11.5 Å². The predicted molar refractivity (Wildman–Crippen MR) is 115 cm³/mol. The molecule has 3 heterocycles. The molecule has 0 bridgehead atoms. The molecule has 152 valence electrons. The number of piperidine rings is 1. The summed E-state index contributed by atoms with van der Waals surface area (Å²) in [6, 6.07) is 15.5. The summed E-state index contributed by atoms with van der Waals surface area (Å²) in [6.07, 6.45) is 1.69. The number of amides is 1. The summed E-state index contributed by atoms with van der Waals surface area (Å²) >= 11 is 0. The van der Waals surface area contributed by atoms with E-state index in [1.165, 1.54) is 0 Å². The molecule has 0 unspecified atom stereocenters. The number of methoxy groups -OCH3 is 1. The highest BCUT2D eigenvalue weighted by Crippen LogP contribution is 2.31. The maximum atomic E-state index is 13.2. The Hall–Kier alpha value is -3.41. The van der Waals surface area contributed by atoms with Crippen molar-refractivity contribution in [3.05, 3.63) is 65.7 Å². The fourth-order valence-corrected chi connectivity index (χ4v) is 4.15. The standard InChI is InChI=1S/C24H23N3O3/c1-15-19(13-17-7-8-18(29-2)14-21(17)25-15)24(28)27-11-9-16(10-12-27)23-26-20-5-3-4-6-22(20)30-23/h3-8,13-14,16H,9-12H2,1-2H3. The summed E-state index contributed by atoms with van der Waals surface area (Å²) in [5.41, 5.74) is 3.94. The SMILES string of the molecule is COc1ccc2cc(C(=O)N3CCC(c4nc5ccccc5o4)CC3)c(C)nc2c1. The molecule has 0 atom stereocenters. The highest BCUT2D eigenvalue weighted by Gasteiger charge is 2.28. The van der Waals surface area contributed by atoms with Crippen molar-refractivity contribution in [3.8, 4) is 5.75 Å². The minimum absolute atomic E-state index is 0.0359. The van der Waals surface area contributed by atoms with Crippen molar-refractivity contribution in [1.29, 1.82) is 0 Å². The van der Waals surface area contributed by atoms with Gasteiger partial charge in [0.25, 0.3) is 5.91 Å². The molecule has 1 aliphatic heterocycles. The van der Waals surface area contributed by atoms with Crippen LogP contribution in [0.3, 0.4) is 0 Å². The quantitative estimate of drug-likeness (QED) is 0.497. The summed E-state index contributed by atoms with van der Waals surface area (Å²) in [7, 11) is 1.64. The van der Waals surface area contributed by atoms with E-state index in [2.05, 4.69) is 9.97 Å². The van der Waals surface area contributed by atoms with E-state index in [-0.39, 0.29) is 11.8 Å². The molecule has 0 radical (unpaired) electrons. The van der Waals surface area contributed by atoms with Crippen LogP contribution in [0, 0.1) is 6.92 Å². The lowest BCUT2D eigenvalue weighted by Crippen LogP contribution is -2.38. The first-order valence-electron chi connectivity index (χ1n) is 10.2. The molecular formula is C24H23N3O3. The number of ether oxygens (including phenoxy) is 1. The zero-order chi connectivity index (χ0) is 20.7. The van der Waals surface area contributed by atoms with Crippen LogP contribution in [0.15, 0.2) is 52.9 Å². The van der Waals surface area contributed by atoms with E-state index in [4.69, 9.17) is 9.15 Å². The van der Waals surface area contributed by atoms with E-state index >= 15 is 0 Å².